The fraction of sp³-hybridized carbons (Fsp3) is 1.00. The molecule has 2 rings (SSSR count). The van der Waals surface area contributed by atoms with E-state index in [1.54, 1.807) is 4.31 Å². The summed E-state index contributed by atoms with van der Waals surface area (Å²) >= 11 is 0. The van der Waals surface area contributed by atoms with Crippen LogP contribution in [0.15, 0.2) is 0 Å². The number of rotatable bonds is 4. The van der Waals surface area contributed by atoms with Gasteiger partial charge in [0, 0.05) is 38.8 Å². The summed E-state index contributed by atoms with van der Waals surface area (Å²) in [6, 6.07) is 0.282. The molecule has 0 bridgehead atoms. The van der Waals surface area contributed by atoms with Crippen molar-refractivity contribution in [2.75, 3.05) is 39.0 Å². The first kappa shape index (κ1) is 12.3. The van der Waals surface area contributed by atoms with E-state index in [1.165, 1.54) is 19.1 Å². The molecule has 2 N–H and O–H groups in total. The van der Waals surface area contributed by atoms with E-state index in [-0.39, 0.29) is 6.04 Å². The van der Waals surface area contributed by atoms with E-state index in [4.69, 9.17) is 5.73 Å². The molecular formula is C10H21N3O2S. The van der Waals surface area contributed by atoms with Crippen molar-refractivity contribution in [1.82, 2.24) is 9.21 Å². The van der Waals surface area contributed by atoms with Crippen molar-refractivity contribution in [1.29, 1.82) is 0 Å². The molecule has 0 amide bonds. The Hall–Kier alpha value is -0.170. The van der Waals surface area contributed by atoms with Crippen LogP contribution in [-0.4, -0.2) is 62.6 Å². The van der Waals surface area contributed by atoms with Crippen LogP contribution in [0.1, 0.15) is 12.8 Å². The topological polar surface area (TPSA) is 66.6 Å². The monoisotopic (exact) mass is 247 g/mol. The first-order chi connectivity index (χ1) is 7.47. The summed E-state index contributed by atoms with van der Waals surface area (Å²) in [5.74, 6) is 0.716. The van der Waals surface area contributed by atoms with Crippen molar-refractivity contribution in [3.8, 4) is 0 Å². The molecule has 0 aromatic rings. The highest BCUT2D eigenvalue weighted by molar-refractivity contribution is 7.88. The van der Waals surface area contributed by atoms with Gasteiger partial charge in [0.1, 0.15) is 0 Å². The summed E-state index contributed by atoms with van der Waals surface area (Å²) in [6.07, 6.45) is 3.81. The van der Waals surface area contributed by atoms with Crippen molar-refractivity contribution in [3.05, 3.63) is 0 Å². The van der Waals surface area contributed by atoms with E-state index < -0.39 is 10.0 Å². The van der Waals surface area contributed by atoms with E-state index in [9.17, 15) is 8.42 Å². The van der Waals surface area contributed by atoms with Crippen molar-refractivity contribution in [3.63, 3.8) is 0 Å². The SMILES string of the molecule is CS(=O)(=O)N1CCN(CC(N)C2CC2)CC1. The number of hydrogen-bond acceptors (Lipinski definition) is 4. The highest BCUT2D eigenvalue weighted by Gasteiger charge is 2.31. The molecule has 2 aliphatic rings. The summed E-state index contributed by atoms with van der Waals surface area (Å²) in [4.78, 5) is 2.28. The molecule has 1 atom stereocenters. The van der Waals surface area contributed by atoms with Gasteiger partial charge < -0.3 is 5.73 Å². The Morgan fingerprint density at radius 2 is 1.81 bits per heavy atom. The molecule has 0 aromatic heterocycles. The van der Waals surface area contributed by atoms with E-state index in [1.807, 2.05) is 0 Å². The third kappa shape index (κ3) is 3.16. The Kier molecular flexibility index (Phi) is 3.53. The van der Waals surface area contributed by atoms with Gasteiger partial charge in [-0.25, -0.2) is 8.42 Å². The predicted molar refractivity (Wildman–Crippen MR) is 63.6 cm³/mol. The molecule has 2 fully saturated rings. The maximum atomic E-state index is 11.3. The third-order valence-corrected chi connectivity index (χ3v) is 4.80. The molecule has 0 aromatic carbocycles. The summed E-state index contributed by atoms with van der Waals surface area (Å²) in [7, 11) is -3.01. The van der Waals surface area contributed by atoms with Gasteiger partial charge in [-0.1, -0.05) is 0 Å². The van der Waals surface area contributed by atoms with Crippen LogP contribution < -0.4 is 5.73 Å². The van der Waals surface area contributed by atoms with Gasteiger partial charge in [-0.3, -0.25) is 4.90 Å². The molecule has 1 aliphatic carbocycles. The quantitative estimate of drug-likeness (QED) is 0.713. The lowest BCUT2D eigenvalue weighted by molar-refractivity contribution is 0.176. The Bertz CT molecular complexity index is 332. The van der Waals surface area contributed by atoms with Crippen molar-refractivity contribution >= 4 is 10.0 Å². The third-order valence-electron chi connectivity index (χ3n) is 3.50. The number of piperazine rings is 1. The molecule has 16 heavy (non-hydrogen) atoms. The largest absolute Gasteiger partial charge is 0.326 e. The fourth-order valence-corrected chi connectivity index (χ4v) is 3.04. The number of nitrogens with two attached hydrogens (primary N) is 1. The molecule has 5 nitrogen and oxygen atoms in total. The molecule has 6 heteroatoms. The normalized spacial score (nSPS) is 26.9. The van der Waals surface area contributed by atoms with Crippen molar-refractivity contribution in [2.45, 2.75) is 18.9 Å². The minimum atomic E-state index is -3.01. The summed E-state index contributed by atoms with van der Waals surface area (Å²) < 4.78 is 24.2. The fourth-order valence-electron chi connectivity index (χ4n) is 2.22. The van der Waals surface area contributed by atoms with Crippen LogP contribution >= 0.6 is 0 Å². The lowest BCUT2D eigenvalue weighted by atomic mass is 10.2. The minimum absolute atomic E-state index is 0.282. The van der Waals surface area contributed by atoms with Crippen LogP contribution in [-0.2, 0) is 10.0 Å². The Labute approximate surface area is 97.6 Å². The van der Waals surface area contributed by atoms with Gasteiger partial charge in [-0.2, -0.15) is 4.31 Å². The van der Waals surface area contributed by atoms with Crippen LogP contribution in [0.3, 0.4) is 0 Å². The smallest absolute Gasteiger partial charge is 0.211 e. The van der Waals surface area contributed by atoms with Gasteiger partial charge in [0.2, 0.25) is 10.0 Å². The molecule has 1 saturated carbocycles. The van der Waals surface area contributed by atoms with E-state index >= 15 is 0 Å². The van der Waals surface area contributed by atoms with E-state index in [2.05, 4.69) is 4.90 Å². The van der Waals surface area contributed by atoms with Crippen LogP contribution in [0.2, 0.25) is 0 Å². The summed E-state index contributed by atoms with van der Waals surface area (Å²) in [5, 5.41) is 0. The van der Waals surface area contributed by atoms with Crippen molar-refractivity contribution < 1.29 is 8.42 Å². The Balaban J connectivity index is 1.76. The van der Waals surface area contributed by atoms with Gasteiger partial charge >= 0.3 is 0 Å². The zero-order valence-corrected chi connectivity index (χ0v) is 10.6. The lowest BCUT2D eigenvalue weighted by Crippen LogP contribution is -2.51. The Morgan fingerprint density at radius 3 is 2.25 bits per heavy atom. The lowest BCUT2D eigenvalue weighted by Gasteiger charge is -2.34. The average molecular weight is 247 g/mol. The molecular weight excluding hydrogens is 226 g/mol. The second kappa shape index (κ2) is 4.60. The highest BCUT2D eigenvalue weighted by atomic mass is 32.2. The van der Waals surface area contributed by atoms with Gasteiger partial charge in [-0.05, 0) is 18.8 Å². The first-order valence-corrected chi connectivity index (χ1v) is 7.75. The summed E-state index contributed by atoms with van der Waals surface area (Å²) in [5.41, 5.74) is 6.06. The maximum Gasteiger partial charge on any atom is 0.211 e. The van der Waals surface area contributed by atoms with Gasteiger partial charge in [0.05, 0.1) is 6.26 Å². The highest BCUT2D eigenvalue weighted by Crippen LogP contribution is 2.31. The molecule has 0 spiro atoms. The number of sulfonamides is 1. The zero-order chi connectivity index (χ0) is 11.8. The molecule has 1 saturated heterocycles. The molecule has 94 valence electrons. The molecule has 1 unspecified atom stereocenters. The number of hydrogen-bond donors (Lipinski definition) is 1. The second-order valence-electron chi connectivity index (χ2n) is 4.96. The summed E-state index contributed by atoms with van der Waals surface area (Å²) in [6.45, 7) is 3.76. The van der Waals surface area contributed by atoms with Gasteiger partial charge in [0.25, 0.3) is 0 Å². The standard InChI is InChI=1S/C10H21N3O2S/c1-16(14,15)13-6-4-12(5-7-13)8-10(11)9-2-3-9/h9-10H,2-8,11H2,1H3. The molecule has 1 heterocycles. The number of nitrogens with zero attached hydrogens (tertiary/aromatic N) is 2. The Morgan fingerprint density at radius 1 is 1.25 bits per heavy atom. The molecule has 1 aliphatic heterocycles. The van der Waals surface area contributed by atoms with Crippen LogP contribution in [0, 0.1) is 5.92 Å². The van der Waals surface area contributed by atoms with E-state index in [0.717, 1.165) is 19.6 Å². The van der Waals surface area contributed by atoms with Crippen LogP contribution in [0.4, 0.5) is 0 Å². The maximum absolute atomic E-state index is 11.3. The van der Waals surface area contributed by atoms with Gasteiger partial charge in [0.15, 0.2) is 0 Å². The second-order valence-corrected chi connectivity index (χ2v) is 6.95. The average Bonchev–Trinajstić information content (AvgIpc) is 3.00. The van der Waals surface area contributed by atoms with Gasteiger partial charge in [-0.15, -0.1) is 0 Å². The predicted octanol–water partition coefficient (Wildman–Crippen LogP) is -0.699. The minimum Gasteiger partial charge on any atom is -0.326 e. The van der Waals surface area contributed by atoms with E-state index in [0.29, 0.717) is 19.0 Å². The molecule has 0 radical (unpaired) electrons. The van der Waals surface area contributed by atoms with Crippen LogP contribution in [0.5, 0.6) is 0 Å². The van der Waals surface area contributed by atoms with Crippen LogP contribution in [0.25, 0.3) is 0 Å². The zero-order valence-electron chi connectivity index (χ0n) is 9.80. The first-order valence-electron chi connectivity index (χ1n) is 5.90. The van der Waals surface area contributed by atoms with Crippen molar-refractivity contribution in [2.24, 2.45) is 11.7 Å².